The Labute approximate surface area is 108 Å². The van der Waals surface area contributed by atoms with Gasteiger partial charge in [-0.1, -0.05) is 12.8 Å². The number of aromatic nitrogens is 1. The molecule has 1 unspecified atom stereocenters. The van der Waals surface area contributed by atoms with Crippen LogP contribution < -0.4 is 11.1 Å². The third kappa shape index (κ3) is 3.53. The van der Waals surface area contributed by atoms with Crippen LogP contribution in [0, 0.1) is 5.92 Å². The summed E-state index contributed by atoms with van der Waals surface area (Å²) in [6.45, 7) is 0.534. The van der Waals surface area contributed by atoms with Crippen LogP contribution in [0.2, 0.25) is 0 Å². The molecule has 0 spiro atoms. The third-order valence-electron chi connectivity index (χ3n) is 3.68. The van der Waals surface area contributed by atoms with Crippen molar-refractivity contribution in [2.75, 3.05) is 6.54 Å². The molecule has 1 aliphatic rings. The molecule has 1 fully saturated rings. The minimum Gasteiger partial charge on any atom is -0.352 e. The molecule has 2 rings (SSSR count). The maximum atomic E-state index is 12.0. The van der Waals surface area contributed by atoms with Gasteiger partial charge in [0, 0.05) is 25.0 Å². The number of carbonyl (C=O) groups excluding carboxylic acids is 1. The van der Waals surface area contributed by atoms with Gasteiger partial charge in [0.15, 0.2) is 0 Å². The third-order valence-corrected chi connectivity index (χ3v) is 3.68. The van der Waals surface area contributed by atoms with Crippen LogP contribution in [0.3, 0.4) is 0 Å². The molecule has 1 atom stereocenters. The van der Waals surface area contributed by atoms with E-state index in [1.54, 1.807) is 12.4 Å². The molecular formula is C14H21N3O. The van der Waals surface area contributed by atoms with E-state index in [4.69, 9.17) is 5.73 Å². The fourth-order valence-corrected chi connectivity index (χ4v) is 2.67. The largest absolute Gasteiger partial charge is 0.352 e. The summed E-state index contributed by atoms with van der Waals surface area (Å²) in [5.41, 5.74) is 6.76. The Hall–Kier alpha value is -1.42. The number of amides is 1. The number of nitrogens with zero attached hydrogens (tertiary/aromatic N) is 1. The van der Waals surface area contributed by atoms with Gasteiger partial charge in [0.1, 0.15) is 0 Å². The number of hydrogen-bond acceptors (Lipinski definition) is 3. The van der Waals surface area contributed by atoms with Crippen molar-refractivity contribution in [3.63, 3.8) is 0 Å². The van der Waals surface area contributed by atoms with Crippen LogP contribution in [0.1, 0.15) is 31.2 Å². The fourth-order valence-electron chi connectivity index (χ4n) is 2.67. The molecule has 1 aliphatic carbocycles. The van der Waals surface area contributed by atoms with Gasteiger partial charge in [-0.2, -0.15) is 0 Å². The molecule has 3 N–H and O–H groups in total. The Kier molecular flexibility index (Phi) is 4.70. The molecule has 1 saturated carbocycles. The van der Waals surface area contributed by atoms with Gasteiger partial charge in [-0.05, 0) is 36.5 Å². The van der Waals surface area contributed by atoms with E-state index in [9.17, 15) is 4.79 Å². The number of rotatable bonds is 5. The van der Waals surface area contributed by atoms with Gasteiger partial charge in [-0.3, -0.25) is 9.78 Å². The highest BCUT2D eigenvalue weighted by atomic mass is 16.1. The summed E-state index contributed by atoms with van der Waals surface area (Å²) in [6.07, 6.45) is 8.74. The first-order valence-corrected chi connectivity index (χ1v) is 6.68. The highest BCUT2D eigenvalue weighted by Gasteiger charge is 2.25. The van der Waals surface area contributed by atoms with Gasteiger partial charge in [0.05, 0.1) is 6.42 Å². The van der Waals surface area contributed by atoms with Crippen molar-refractivity contribution in [1.29, 1.82) is 0 Å². The second-order valence-corrected chi connectivity index (χ2v) is 4.99. The average molecular weight is 247 g/mol. The van der Waals surface area contributed by atoms with Crippen LogP contribution in [0.15, 0.2) is 24.5 Å². The lowest BCUT2D eigenvalue weighted by Crippen LogP contribution is -2.45. The van der Waals surface area contributed by atoms with E-state index in [-0.39, 0.29) is 11.9 Å². The van der Waals surface area contributed by atoms with Gasteiger partial charge in [0.2, 0.25) is 5.91 Å². The molecule has 1 aromatic heterocycles. The number of carbonyl (C=O) groups is 1. The average Bonchev–Trinajstić information content (AvgIpc) is 2.91. The van der Waals surface area contributed by atoms with Crippen LogP contribution in [-0.2, 0) is 11.2 Å². The summed E-state index contributed by atoms with van der Waals surface area (Å²) in [6, 6.07) is 3.88. The summed E-state index contributed by atoms with van der Waals surface area (Å²) >= 11 is 0. The zero-order valence-corrected chi connectivity index (χ0v) is 10.6. The molecule has 18 heavy (non-hydrogen) atoms. The molecule has 1 amide bonds. The van der Waals surface area contributed by atoms with E-state index in [1.807, 2.05) is 12.1 Å². The van der Waals surface area contributed by atoms with Crippen LogP contribution >= 0.6 is 0 Å². The lowest BCUT2D eigenvalue weighted by atomic mass is 9.98. The molecule has 0 aromatic carbocycles. The molecule has 1 aromatic rings. The molecule has 1 heterocycles. The first-order chi connectivity index (χ1) is 8.79. The molecule has 98 valence electrons. The van der Waals surface area contributed by atoms with Crippen molar-refractivity contribution in [2.45, 2.75) is 38.1 Å². The second-order valence-electron chi connectivity index (χ2n) is 4.99. The van der Waals surface area contributed by atoms with Crippen LogP contribution in [0.25, 0.3) is 0 Å². The number of pyridine rings is 1. The van der Waals surface area contributed by atoms with Crippen molar-refractivity contribution in [1.82, 2.24) is 10.3 Å². The molecule has 0 aliphatic heterocycles. The first kappa shape index (κ1) is 13.0. The summed E-state index contributed by atoms with van der Waals surface area (Å²) in [5, 5.41) is 3.07. The van der Waals surface area contributed by atoms with E-state index in [2.05, 4.69) is 10.3 Å². The first-order valence-electron chi connectivity index (χ1n) is 6.68. The highest BCUT2D eigenvalue weighted by Crippen LogP contribution is 2.27. The maximum Gasteiger partial charge on any atom is 0.224 e. The van der Waals surface area contributed by atoms with E-state index in [0.717, 1.165) is 5.56 Å². The number of nitrogens with two attached hydrogens (primary N) is 1. The van der Waals surface area contributed by atoms with Gasteiger partial charge >= 0.3 is 0 Å². The second kappa shape index (κ2) is 6.50. The zero-order valence-electron chi connectivity index (χ0n) is 10.6. The maximum absolute atomic E-state index is 12.0. The molecule has 0 bridgehead atoms. The van der Waals surface area contributed by atoms with Gasteiger partial charge < -0.3 is 11.1 Å². The predicted molar refractivity (Wildman–Crippen MR) is 70.9 cm³/mol. The Balaban J connectivity index is 1.85. The normalized spacial score (nSPS) is 17.6. The summed E-state index contributed by atoms with van der Waals surface area (Å²) in [4.78, 5) is 15.9. The van der Waals surface area contributed by atoms with Crippen molar-refractivity contribution in [3.8, 4) is 0 Å². The van der Waals surface area contributed by atoms with Crippen molar-refractivity contribution < 1.29 is 4.79 Å². The molecular weight excluding hydrogens is 226 g/mol. The zero-order chi connectivity index (χ0) is 12.8. The van der Waals surface area contributed by atoms with E-state index in [0.29, 0.717) is 18.9 Å². The minimum absolute atomic E-state index is 0.0588. The summed E-state index contributed by atoms with van der Waals surface area (Å²) < 4.78 is 0. The summed E-state index contributed by atoms with van der Waals surface area (Å²) in [7, 11) is 0. The Morgan fingerprint density at radius 3 is 2.67 bits per heavy atom. The number of hydrogen-bond donors (Lipinski definition) is 2. The predicted octanol–water partition coefficient (Wildman–Crippen LogP) is 1.26. The monoisotopic (exact) mass is 247 g/mol. The minimum atomic E-state index is 0.0588. The molecule has 4 heteroatoms. The lowest BCUT2D eigenvalue weighted by Gasteiger charge is -2.23. The van der Waals surface area contributed by atoms with E-state index in [1.165, 1.54) is 25.7 Å². The SMILES string of the molecule is NCC(NC(=O)Cc1ccncc1)C1CCCC1. The molecule has 4 nitrogen and oxygen atoms in total. The highest BCUT2D eigenvalue weighted by molar-refractivity contribution is 5.78. The number of nitrogens with one attached hydrogen (secondary N) is 1. The topological polar surface area (TPSA) is 68.0 Å². The van der Waals surface area contributed by atoms with Crippen molar-refractivity contribution in [2.24, 2.45) is 11.7 Å². The van der Waals surface area contributed by atoms with E-state index < -0.39 is 0 Å². The molecule has 0 saturated heterocycles. The van der Waals surface area contributed by atoms with Gasteiger partial charge in [-0.15, -0.1) is 0 Å². The van der Waals surface area contributed by atoms with E-state index >= 15 is 0 Å². The van der Waals surface area contributed by atoms with Gasteiger partial charge in [0.25, 0.3) is 0 Å². The van der Waals surface area contributed by atoms with Crippen LogP contribution in [0.4, 0.5) is 0 Å². The van der Waals surface area contributed by atoms with Crippen LogP contribution in [0.5, 0.6) is 0 Å². The Morgan fingerprint density at radius 1 is 1.39 bits per heavy atom. The lowest BCUT2D eigenvalue weighted by molar-refractivity contribution is -0.121. The fraction of sp³-hybridized carbons (Fsp3) is 0.571. The van der Waals surface area contributed by atoms with Gasteiger partial charge in [-0.25, -0.2) is 0 Å². The van der Waals surface area contributed by atoms with Crippen molar-refractivity contribution >= 4 is 5.91 Å². The quantitative estimate of drug-likeness (QED) is 0.823. The molecule has 0 radical (unpaired) electrons. The Morgan fingerprint density at radius 2 is 2.06 bits per heavy atom. The van der Waals surface area contributed by atoms with Crippen molar-refractivity contribution in [3.05, 3.63) is 30.1 Å². The Bertz CT molecular complexity index is 374. The summed E-state index contributed by atoms with van der Waals surface area (Å²) in [5.74, 6) is 0.625. The smallest absolute Gasteiger partial charge is 0.224 e. The van der Waals surface area contributed by atoms with Crippen LogP contribution in [-0.4, -0.2) is 23.5 Å². The standard InChI is InChI=1S/C14H21N3O/c15-10-13(12-3-1-2-4-12)17-14(18)9-11-5-7-16-8-6-11/h5-8,12-13H,1-4,9-10,15H2,(H,17,18).